The second-order valence-electron chi connectivity index (χ2n) is 5.30. The summed E-state index contributed by atoms with van der Waals surface area (Å²) in [6, 6.07) is 7.05. The predicted octanol–water partition coefficient (Wildman–Crippen LogP) is 3.88. The van der Waals surface area contributed by atoms with Crippen LogP contribution in [0.15, 0.2) is 18.2 Å². The van der Waals surface area contributed by atoms with E-state index in [-0.39, 0.29) is 0 Å². The molecule has 2 rings (SSSR count). The summed E-state index contributed by atoms with van der Waals surface area (Å²) >= 11 is 0. The Balaban J connectivity index is 2.34. The maximum Gasteiger partial charge on any atom is 0.119 e. The summed E-state index contributed by atoms with van der Waals surface area (Å²) < 4.78 is 5.37. The van der Waals surface area contributed by atoms with E-state index in [4.69, 9.17) is 4.74 Å². The van der Waals surface area contributed by atoms with Crippen molar-refractivity contribution in [3.8, 4) is 5.75 Å². The normalized spacial score (nSPS) is 26.1. The molecule has 1 aromatic rings. The summed E-state index contributed by atoms with van der Waals surface area (Å²) in [5.74, 6) is 2.32. The van der Waals surface area contributed by atoms with Crippen LogP contribution in [-0.2, 0) is 0 Å². The highest BCUT2D eigenvalue weighted by Crippen LogP contribution is 2.47. The van der Waals surface area contributed by atoms with E-state index in [0.29, 0.717) is 17.9 Å². The maximum atomic E-state index is 5.37. The summed E-state index contributed by atoms with van der Waals surface area (Å²) in [6.07, 6.45) is 2.39. The molecule has 1 aromatic carbocycles. The fourth-order valence-corrected chi connectivity index (χ4v) is 3.27. The van der Waals surface area contributed by atoms with E-state index in [1.54, 1.807) is 7.11 Å². The molecule has 0 saturated heterocycles. The first-order valence-corrected chi connectivity index (χ1v) is 7.14. The number of ether oxygens (including phenoxy) is 1. The third kappa shape index (κ3) is 2.26. The van der Waals surface area contributed by atoms with Crippen LogP contribution in [0.3, 0.4) is 0 Å². The topological polar surface area (TPSA) is 21.3 Å². The lowest BCUT2D eigenvalue weighted by Gasteiger charge is -2.21. The fraction of sp³-hybridized carbons (Fsp3) is 0.625. The number of hydrogen-bond acceptors (Lipinski definition) is 2. The Morgan fingerprint density at radius 2 is 2.00 bits per heavy atom. The average Bonchev–Trinajstić information content (AvgIpc) is 2.67. The van der Waals surface area contributed by atoms with Crippen LogP contribution < -0.4 is 10.1 Å². The van der Waals surface area contributed by atoms with E-state index in [2.05, 4.69) is 44.3 Å². The van der Waals surface area contributed by atoms with Gasteiger partial charge >= 0.3 is 0 Å². The van der Waals surface area contributed by atoms with E-state index in [1.807, 2.05) is 0 Å². The van der Waals surface area contributed by atoms with Gasteiger partial charge in [0.2, 0.25) is 0 Å². The molecule has 0 fully saturated rings. The second kappa shape index (κ2) is 5.75. The van der Waals surface area contributed by atoms with Gasteiger partial charge < -0.3 is 10.1 Å². The molecule has 0 spiro atoms. The number of fused-ring (bicyclic) bond motifs is 1. The smallest absolute Gasteiger partial charge is 0.119 e. The Morgan fingerprint density at radius 1 is 1.22 bits per heavy atom. The zero-order chi connectivity index (χ0) is 13.1. The third-order valence-electron chi connectivity index (χ3n) is 4.24. The van der Waals surface area contributed by atoms with Crippen molar-refractivity contribution in [1.82, 2.24) is 5.32 Å². The molecule has 0 saturated carbocycles. The van der Waals surface area contributed by atoms with E-state index in [1.165, 1.54) is 24.0 Å². The summed E-state index contributed by atoms with van der Waals surface area (Å²) in [5, 5.41) is 3.70. The summed E-state index contributed by atoms with van der Waals surface area (Å²) in [4.78, 5) is 0. The van der Waals surface area contributed by atoms with Gasteiger partial charge in [-0.1, -0.05) is 26.8 Å². The van der Waals surface area contributed by atoms with Crippen molar-refractivity contribution >= 4 is 0 Å². The molecule has 3 unspecified atom stereocenters. The molecule has 0 amide bonds. The van der Waals surface area contributed by atoms with Crippen molar-refractivity contribution in [1.29, 1.82) is 0 Å². The van der Waals surface area contributed by atoms with Crippen molar-refractivity contribution < 1.29 is 4.74 Å². The third-order valence-corrected chi connectivity index (χ3v) is 4.24. The molecule has 1 N–H and O–H groups in total. The lowest BCUT2D eigenvalue weighted by atomic mass is 9.90. The predicted molar refractivity (Wildman–Crippen MR) is 76.2 cm³/mol. The highest BCUT2D eigenvalue weighted by Gasteiger charge is 2.36. The fourth-order valence-electron chi connectivity index (χ4n) is 3.27. The first-order valence-electron chi connectivity index (χ1n) is 7.14. The Labute approximate surface area is 111 Å². The van der Waals surface area contributed by atoms with Crippen molar-refractivity contribution in [3.05, 3.63) is 29.3 Å². The van der Waals surface area contributed by atoms with Crippen molar-refractivity contribution in [2.45, 2.75) is 45.6 Å². The first-order chi connectivity index (χ1) is 8.72. The lowest BCUT2D eigenvalue weighted by molar-refractivity contribution is 0.361. The van der Waals surface area contributed by atoms with Gasteiger partial charge in [0, 0.05) is 6.04 Å². The largest absolute Gasteiger partial charge is 0.497 e. The Hall–Kier alpha value is -1.02. The Bertz CT molecular complexity index is 402. The highest BCUT2D eigenvalue weighted by molar-refractivity contribution is 5.44. The molecule has 100 valence electrons. The molecule has 1 aliphatic carbocycles. The summed E-state index contributed by atoms with van der Waals surface area (Å²) in [6.45, 7) is 7.96. The van der Waals surface area contributed by atoms with Crippen LogP contribution in [-0.4, -0.2) is 13.7 Å². The molecule has 0 bridgehead atoms. The number of benzene rings is 1. The molecule has 2 heteroatoms. The van der Waals surface area contributed by atoms with Gasteiger partial charge in [0.15, 0.2) is 0 Å². The first kappa shape index (κ1) is 13.4. The van der Waals surface area contributed by atoms with Gasteiger partial charge in [0.1, 0.15) is 5.75 Å². The zero-order valence-corrected chi connectivity index (χ0v) is 12.0. The van der Waals surface area contributed by atoms with Crippen LogP contribution in [0.4, 0.5) is 0 Å². The molecule has 0 heterocycles. The molecule has 0 aromatic heterocycles. The van der Waals surface area contributed by atoms with Crippen LogP contribution in [0.1, 0.15) is 56.7 Å². The van der Waals surface area contributed by atoms with Crippen LogP contribution in [0.5, 0.6) is 5.75 Å². The van der Waals surface area contributed by atoms with E-state index < -0.39 is 0 Å². The molecule has 18 heavy (non-hydrogen) atoms. The molecule has 0 radical (unpaired) electrons. The van der Waals surface area contributed by atoms with Crippen molar-refractivity contribution in [2.24, 2.45) is 5.92 Å². The van der Waals surface area contributed by atoms with E-state index in [0.717, 1.165) is 12.3 Å². The van der Waals surface area contributed by atoms with Gasteiger partial charge in [-0.15, -0.1) is 0 Å². The van der Waals surface area contributed by atoms with Crippen LogP contribution in [0, 0.1) is 5.92 Å². The molecular weight excluding hydrogens is 222 g/mol. The summed E-state index contributed by atoms with van der Waals surface area (Å²) in [7, 11) is 1.74. The maximum absolute atomic E-state index is 5.37. The average molecular weight is 247 g/mol. The van der Waals surface area contributed by atoms with Gasteiger partial charge in [-0.05, 0) is 54.5 Å². The minimum Gasteiger partial charge on any atom is -0.497 e. The Morgan fingerprint density at radius 3 is 2.61 bits per heavy atom. The molecule has 2 nitrogen and oxygen atoms in total. The van der Waals surface area contributed by atoms with Gasteiger partial charge in [-0.25, -0.2) is 0 Å². The van der Waals surface area contributed by atoms with Gasteiger partial charge in [0.05, 0.1) is 7.11 Å². The van der Waals surface area contributed by atoms with E-state index >= 15 is 0 Å². The number of hydrogen-bond donors (Lipinski definition) is 1. The summed E-state index contributed by atoms with van der Waals surface area (Å²) in [5.41, 5.74) is 2.96. The lowest BCUT2D eigenvalue weighted by Crippen LogP contribution is -2.25. The minimum atomic E-state index is 0.486. The molecular formula is C16H25NO. The second-order valence-corrected chi connectivity index (χ2v) is 5.30. The Kier molecular flexibility index (Phi) is 4.28. The van der Waals surface area contributed by atoms with E-state index in [9.17, 15) is 0 Å². The van der Waals surface area contributed by atoms with Crippen LogP contribution in [0.2, 0.25) is 0 Å². The number of methoxy groups -OCH3 is 1. The monoisotopic (exact) mass is 247 g/mol. The van der Waals surface area contributed by atoms with Crippen molar-refractivity contribution in [2.75, 3.05) is 13.7 Å². The molecule has 3 atom stereocenters. The van der Waals surface area contributed by atoms with Gasteiger partial charge in [0.25, 0.3) is 0 Å². The zero-order valence-electron chi connectivity index (χ0n) is 12.0. The molecule has 1 aliphatic rings. The molecule has 0 aliphatic heterocycles. The van der Waals surface area contributed by atoms with Gasteiger partial charge in [-0.3, -0.25) is 0 Å². The highest BCUT2D eigenvalue weighted by atomic mass is 16.5. The quantitative estimate of drug-likeness (QED) is 0.852. The SMILES string of the molecule is CCCNC1c2cc(OC)ccc2C(CC)C1C. The van der Waals surface area contributed by atoms with Crippen LogP contribution in [0.25, 0.3) is 0 Å². The van der Waals surface area contributed by atoms with Crippen molar-refractivity contribution in [3.63, 3.8) is 0 Å². The minimum absolute atomic E-state index is 0.486. The standard InChI is InChI=1S/C16H25NO/c1-5-9-17-16-11(3)13(6-2)14-8-7-12(18-4)10-15(14)16/h7-8,10-11,13,16-17H,5-6,9H2,1-4H3. The number of nitrogens with one attached hydrogen (secondary N) is 1. The van der Waals surface area contributed by atoms with Crippen LogP contribution >= 0.6 is 0 Å². The number of rotatable bonds is 5. The van der Waals surface area contributed by atoms with Gasteiger partial charge in [-0.2, -0.15) is 0 Å².